The third kappa shape index (κ3) is 4.96. The normalized spacial score (nSPS) is 11.0. The fraction of sp³-hybridized carbons (Fsp3) is 0.278. The first kappa shape index (κ1) is 20.2. The third-order valence-corrected chi connectivity index (χ3v) is 3.80. The first-order valence-corrected chi connectivity index (χ1v) is 7.91. The first-order chi connectivity index (χ1) is 12.6. The average molecular weight is 383 g/mol. The Hall–Kier alpha value is -3.10. The van der Waals surface area contributed by atoms with Crippen LogP contribution in [-0.2, 0) is 12.7 Å². The van der Waals surface area contributed by atoms with E-state index < -0.39 is 17.8 Å². The summed E-state index contributed by atoms with van der Waals surface area (Å²) >= 11 is 0. The highest BCUT2D eigenvalue weighted by Crippen LogP contribution is 2.35. The van der Waals surface area contributed by atoms with Crippen LogP contribution in [0.1, 0.15) is 11.1 Å². The summed E-state index contributed by atoms with van der Waals surface area (Å²) in [7, 11) is 4.70. The molecule has 146 valence electrons. The molecule has 2 aromatic rings. The molecule has 0 heterocycles. The van der Waals surface area contributed by atoms with Crippen LogP contribution in [0.15, 0.2) is 36.4 Å². The molecule has 0 radical (unpaired) electrons. The minimum absolute atomic E-state index is 0.0159. The molecule has 0 bridgehead atoms. The molecule has 0 saturated heterocycles. The predicted molar refractivity (Wildman–Crippen MR) is 96.3 cm³/mol. The highest BCUT2D eigenvalue weighted by Gasteiger charge is 2.31. The van der Waals surface area contributed by atoms with Crippen LogP contribution < -0.4 is 20.3 Å². The zero-order valence-corrected chi connectivity index (χ0v) is 15.0. The van der Waals surface area contributed by atoms with Crippen LogP contribution in [0.3, 0.4) is 0 Å². The number of methoxy groups -OCH3 is 1. The molecule has 9 heteroatoms. The number of urea groups is 1. The van der Waals surface area contributed by atoms with E-state index in [1.165, 1.54) is 13.2 Å². The Labute approximate surface area is 154 Å². The van der Waals surface area contributed by atoms with Gasteiger partial charge in [0.25, 0.3) is 0 Å². The molecule has 0 atom stereocenters. The van der Waals surface area contributed by atoms with Gasteiger partial charge >= 0.3 is 12.2 Å². The first-order valence-electron chi connectivity index (χ1n) is 7.91. The van der Waals surface area contributed by atoms with Crippen molar-refractivity contribution in [3.8, 4) is 11.5 Å². The summed E-state index contributed by atoms with van der Waals surface area (Å²) in [6.45, 7) is -0.0366. The van der Waals surface area contributed by atoms with Gasteiger partial charge in [0.15, 0.2) is 11.5 Å². The zero-order valence-electron chi connectivity index (χ0n) is 15.0. The fourth-order valence-corrected chi connectivity index (χ4v) is 2.42. The van der Waals surface area contributed by atoms with Gasteiger partial charge in [0, 0.05) is 26.2 Å². The van der Waals surface area contributed by atoms with Gasteiger partial charge in [-0.3, -0.25) is 0 Å². The largest absolute Gasteiger partial charge is 0.504 e. The number of hydrogen-bond acceptors (Lipinski definition) is 4. The number of phenols is 1. The number of carbonyl (C=O) groups excluding carboxylic acids is 1. The second kappa shape index (κ2) is 8.07. The molecule has 0 aromatic heterocycles. The molecule has 2 rings (SSSR count). The number of hydrogen-bond donors (Lipinski definition) is 3. The van der Waals surface area contributed by atoms with Crippen molar-refractivity contribution in [1.29, 1.82) is 0 Å². The minimum atomic E-state index is -4.52. The van der Waals surface area contributed by atoms with E-state index in [2.05, 4.69) is 10.6 Å². The van der Waals surface area contributed by atoms with Gasteiger partial charge < -0.3 is 25.4 Å². The maximum atomic E-state index is 12.9. The van der Waals surface area contributed by atoms with Gasteiger partial charge in [-0.05, 0) is 24.3 Å². The Balaban J connectivity index is 2.15. The van der Waals surface area contributed by atoms with E-state index in [1.54, 1.807) is 37.2 Å². The monoisotopic (exact) mass is 383 g/mol. The molecule has 0 spiro atoms. The van der Waals surface area contributed by atoms with E-state index in [4.69, 9.17) is 4.74 Å². The predicted octanol–water partition coefficient (Wildman–Crippen LogP) is 3.81. The smallest absolute Gasteiger partial charge is 0.416 e. The van der Waals surface area contributed by atoms with Crippen molar-refractivity contribution in [1.82, 2.24) is 5.32 Å². The van der Waals surface area contributed by atoms with Crippen molar-refractivity contribution >= 4 is 17.4 Å². The molecule has 2 amide bonds. The summed E-state index contributed by atoms with van der Waals surface area (Å²) in [5, 5.41) is 14.9. The number of benzene rings is 2. The third-order valence-electron chi connectivity index (χ3n) is 3.80. The maximum Gasteiger partial charge on any atom is 0.416 e. The van der Waals surface area contributed by atoms with E-state index >= 15 is 0 Å². The minimum Gasteiger partial charge on any atom is -0.504 e. The molecular weight excluding hydrogens is 363 g/mol. The van der Waals surface area contributed by atoms with Crippen LogP contribution in [0.4, 0.5) is 29.3 Å². The number of rotatable bonds is 5. The van der Waals surface area contributed by atoms with Gasteiger partial charge in [-0.1, -0.05) is 12.1 Å². The molecule has 0 aliphatic rings. The zero-order chi connectivity index (χ0) is 20.2. The number of aromatic hydroxyl groups is 1. The van der Waals surface area contributed by atoms with Crippen molar-refractivity contribution in [2.45, 2.75) is 12.7 Å². The number of nitrogens with zero attached hydrogens (tertiary/aromatic N) is 1. The summed E-state index contributed by atoms with van der Waals surface area (Å²) < 4.78 is 43.8. The molecule has 6 nitrogen and oxygen atoms in total. The highest BCUT2D eigenvalue weighted by molar-refractivity contribution is 5.93. The van der Waals surface area contributed by atoms with Gasteiger partial charge in [-0.25, -0.2) is 4.79 Å². The van der Waals surface area contributed by atoms with Gasteiger partial charge in [0.2, 0.25) is 0 Å². The van der Waals surface area contributed by atoms with E-state index in [0.29, 0.717) is 11.3 Å². The van der Waals surface area contributed by atoms with E-state index in [-0.39, 0.29) is 23.7 Å². The van der Waals surface area contributed by atoms with Crippen molar-refractivity contribution < 1.29 is 27.8 Å². The number of para-hydroxylation sites is 1. The second-order valence-electron chi connectivity index (χ2n) is 5.90. The number of nitrogens with one attached hydrogen (secondary N) is 2. The van der Waals surface area contributed by atoms with Gasteiger partial charge in [-0.2, -0.15) is 13.2 Å². The van der Waals surface area contributed by atoms with E-state index in [9.17, 15) is 23.1 Å². The number of ether oxygens (including phenoxy) is 1. The molecule has 0 saturated carbocycles. The van der Waals surface area contributed by atoms with Gasteiger partial charge in [0.05, 0.1) is 24.0 Å². The Kier molecular flexibility index (Phi) is 6.04. The second-order valence-corrected chi connectivity index (χ2v) is 5.90. The lowest BCUT2D eigenvalue weighted by Gasteiger charge is -2.20. The molecule has 27 heavy (non-hydrogen) atoms. The highest BCUT2D eigenvalue weighted by atomic mass is 19.4. The molecule has 0 aliphatic carbocycles. The summed E-state index contributed by atoms with van der Waals surface area (Å²) in [5.41, 5.74) is -0.0280. The van der Waals surface area contributed by atoms with Gasteiger partial charge in [0.1, 0.15) is 0 Å². The van der Waals surface area contributed by atoms with Crippen molar-refractivity contribution in [3.05, 3.63) is 47.5 Å². The van der Waals surface area contributed by atoms with Gasteiger partial charge in [-0.15, -0.1) is 0 Å². The Morgan fingerprint density at radius 1 is 1.22 bits per heavy atom. The molecule has 3 N–H and O–H groups in total. The van der Waals surface area contributed by atoms with E-state index in [0.717, 1.165) is 12.1 Å². The molecule has 0 fully saturated rings. The van der Waals surface area contributed by atoms with Crippen LogP contribution in [0.2, 0.25) is 0 Å². The number of phenolic OH excluding ortho intramolecular Hbond substituents is 1. The number of alkyl halides is 3. The summed E-state index contributed by atoms with van der Waals surface area (Å²) in [6.07, 6.45) is -4.52. The van der Waals surface area contributed by atoms with Crippen LogP contribution >= 0.6 is 0 Å². The van der Waals surface area contributed by atoms with Crippen LogP contribution in [0.25, 0.3) is 0 Å². The lowest BCUT2D eigenvalue weighted by Crippen LogP contribution is -2.29. The molecule has 2 aromatic carbocycles. The SMILES string of the molecule is COc1cccc(CNC(=O)Nc2cc(C(F)(F)F)ccc2N(C)C)c1O. The molecular formula is C18H20F3N3O3. The quantitative estimate of drug-likeness (QED) is 0.734. The number of halogens is 3. The van der Waals surface area contributed by atoms with Crippen LogP contribution in [-0.4, -0.2) is 32.3 Å². The van der Waals surface area contributed by atoms with Crippen molar-refractivity contribution in [2.75, 3.05) is 31.4 Å². The Morgan fingerprint density at radius 3 is 2.52 bits per heavy atom. The Morgan fingerprint density at radius 2 is 1.93 bits per heavy atom. The average Bonchev–Trinajstić information content (AvgIpc) is 2.59. The number of carbonyl (C=O) groups is 1. The molecule has 0 unspecified atom stereocenters. The standard InChI is InChI=1S/C18H20F3N3O3/c1-24(2)14-8-7-12(18(19,20)21)9-13(14)23-17(26)22-10-11-5-4-6-15(27-3)16(11)25/h4-9,25H,10H2,1-3H3,(H2,22,23,26). The Bertz CT molecular complexity index is 823. The fourth-order valence-electron chi connectivity index (χ4n) is 2.42. The van der Waals surface area contributed by atoms with Crippen LogP contribution in [0, 0.1) is 0 Å². The summed E-state index contributed by atoms with van der Waals surface area (Å²) in [5.74, 6) is 0.135. The lowest BCUT2D eigenvalue weighted by molar-refractivity contribution is -0.137. The van der Waals surface area contributed by atoms with Crippen LogP contribution in [0.5, 0.6) is 11.5 Å². The van der Waals surface area contributed by atoms with Crippen molar-refractivity contribution in [2.24, 2.45) is 0 Å². The lowest BCUT2D eigenvalue weighted by atomic mass is 10.1. The maximum absolute atomic E-state index is 12.9. The summed E-state index contributed by atoms with van der Waals surface area (Å²) in [6, 6.07) is 7.19. The molecule has 0 aliphatic heterocycles. The number of anilines is 2. The summed E-state index contributed by atoms with van der Waals surface area (Å²) in [4.78, 5) is 13.7. The van der Waals surface area contributed by atoms with Crippen molar-refractivity contribution in [3.63, 3.8) is 0 Å². The number of amides is 2. The van der Waals surface area contributed by atoms with E-state index in [1.807, 2.05) is 0 Å². The topological polar surface area (TPSA) is 73.8 Å².